The van der Waals surface area contributed by atoms with Crippen LogP contribution in [0, 0.1) is 35.4 Å². The highest BCUT2D eigenvalue weighted by molar-refractivity contribution is 6.39. The summed E-state index contributed by atoms with van der Waals surface area (Å²) in [4.78, 5) is 58.2. The van der Waals surface area contributed by atoms with Crippen molar-refractivity contribution >= 4 is 23.4 Å². The van der Waals surface area contributed by atoms with Crippen LogP contribution >= 0.6 is 0 Å². The van der Waals surface area contributed by atoms with E-state index in [0.717, 1.165) is 5.57 Å². The number of aliphatic hydroxyl groups excluding tert-OH is 1. The zero-order valence-corrected chi connectivity index (χ0v) is 38.8. The number of hydrogen-bond acceptors (Lipinski definition) is 12. The standard InChI is InChI=1S/C49H72FNO12/c1-10-34-22-28(2)21-29(3)23-42(59-8)45-43(60-9)25-31(5)49(57,63-45)46(54)47(55)51-20-12-11-13-37(51)48(56)62-44(32(6)38(52)27-39(34)53)30(4)24-33-14-19-40(41(26-33)58-7)61-36-17-15-35(50)16-18-36/h15-18,22,24,29,31-34,37-38,40-45,52,57H,10-14,19-21,23,25-27H2,1-9H3/b28-22+,30-24+/t29-,31+,32+,33-,34+,37-,38-,40+,41+,42-,43-,44+,45+,49+/m0/s1. The third-order valence-electron chi connectivity index (χ3n) is 14.0. The second kappa shape index (κ2) is 22.6. The predicted molar refractivity (Wildman–Crippen MR) is 233 cm³/mol. The molecule has 5 rings (SSSR count). The number of carbonyl (C=O) groups excluding carboxylic acids is 4. The Hall–Kier alpha value is -3.53. The fourth-order valence-corrected chi connectivity index (χ4v) is 10.2. The molecule has 0 aromatic heterocycles. The fraction of sp³-hybridized carbons (Fsp3) is 0.714. The van der Waals surface area contributed by atoms with Gasteiger partial charge in [0.2, 0.25) is 5.79 Å². The van der Waals surface area contributed by atoms with Crippen LogP contribution in [0.2, 0.25) is 0 Å². The Bertz CT molecular complexity index is 1780. The van der Waals surface area contributed by atoms with Gasteiger partial charge in [0.05, 0.1) is 24.4 Å². The molecule has 3 aliphatic heterocycles. The van der Waals surface area contributed by atoms with Crippen LogP contribution in [-0.2, 0) is 42.9 Å². The van der Waals surface area contributed by atoms with Gasteiger partial charge in [-0.3, -0.25) is 14.4 Å². The maximum Gasteiger partial charge on any atom is 0.329 e. The van der Waals surface area contributed by atoms with Crippen LogP contribution in [0.5, 0.6) is 5.75 Å². The molecule has 1 aliphatic carbocycles. The molecule has 1 aromatic carbocycles. The van der Waals surface area contributed by atoms with Gasteiger partial charge in [0.25, 0.3) is 11.7 Å². The number of halogens is 1. The number of Topliss-reactive ketones (excluding diaryl/α,β-unsaturated/α-hetero) is 2. The Balaban J connectivity index is 1.48. The number of benzene rings is 1. The third kappa shape index (κ3) is 12.2. The first-order chi connectivity index (χ1) is 29.9. The molecule has 2 bridgehead atoms. The number of nitrogens with zero attached hydrogens (tertiary/aromatic N) is 1. The molecule has 0 radical (unpaired) electrons. The van der Waals surface area contributed by atoms with Gasteiger partial charge in [-0.2, -0.15) is 0 Å². The Kier molecular flexibility index (Phi) is 18.1. The van der Waals surface area contributed by atoms with Crippen molar-refractivity contribution in [2.75, 3.05) is 27.9 Å². The molecule has 1 amide bonds. The van der Waals surface area contributed by atoms with Crippen molar-refractivity contribution in [3.63, 3.8) is 0 Å². The van der Waals surface area contributed by atoms with Crippen LogP contribution in [0.25, 0.3) is 0 Å². The van der Waals surface area contributed by atoms with E-state index in [1.54, 1.807) is 33.1 Å². The summed E-state index contributed by atoms with van der Waals surface area (Å²) < 4.78 is 50.0. The predicted octanol–water partition coefficient (Wildman–Crippen LogP) is 6.70. The van der Waals surface area contributed by atoms with Gasteiger partial charge >= 0.3 is 5.97 Å². The number of rotatable bonds is 8. The normalized spacial score (nSPS) is 38.2. The van der Waals surface area contributed by atoms with E-state index in [2.05, 4.69) is 0 Å². The zero-order valence-electron chi connectivity index (χ0n) is 38.8. The number of ether oxygens (including phenoxy) is 6. The highest BCUT2D eigenvalue weighted by Crippen LogP contribution is 2.39. The van der Waals surface area contributed by atoms with E-state index in [1.807, 2.05) is 39.8 Å². The van der Waals surface area contributed by atoms with E-state index in [4.69, 9.17) is 28.4 Å². The Morgan fingerprint density at radius 2 is 1.57 bits per heavy atom. The van der Waals surface area contributed by atoms with E-state index in [0.29, 0.717) is 62.7 Å². The molecule has 14 heteroatoms. The minimum Gasteiger partial charge on any atom is -0.488 e. The van der Waals surface area contributed by atoms with E-state index in [-0.39, 0.29) is 61.5 Å². The second-order valence-corrected chi connectivity index (χ2v) is 18.7. The first-order valence-corrected chi connectivity index (χ1v) is 23.0. The van der Waals surface area contributed by atoms with Crippen molar-refractivity contribution in [2.24, 2.45) is 29.6 Å². The van der Waals surface area contributed by atoms with Crippen LogP contribution in [-0.4, -0.2) is 121 Å². The molecule has 3 heterocycles. The first kappa shape index (κ1) is 50.5. The van der Waals surface area contributed by atoms with E-state index >= 15 is 0 Å². The lowest BCUT2D eigenvalue weighted by molar-refractivity contribution is -0.302. The van der Waals surface area contributed by atoms with Crippen molar-refractivity contribution in [1.82, 2.24) is 4.90 Å². The van der Waals surface area contributed by atoms with Crippen molar-refractivity contribution < 1.29 is 62.2 Å². The maximum absolute atomic E-state index is 14.5. The number of esters is 1. The molecule has 352 valence electrons. The van der Waals surface area contributed by atoms with Crippen LogP contribution < -0.4 is 4.74 Å². The number of piperidine rings is 1. The molecule has 1 aromatic rings. The van der Waals surface area contributed by atoms with Gasteiger partial charge in [0, 0.05) is 52.0 Å². The summed E-state index contributed by atoms with van der Waals surface area (Å²) in [5, 5.41) is 23.9. The number of carbonyl (C=O) groups is 4. The fourth-order valence-electron chi connectivity index (χ4n) is 10.2. The summed E-state index contributed by atoms with van der Waals surface area (Å²) >= 11 is 0. The number of hydrogen-bond donors (Lipinski definition) is 2. The van der Waals surface area contributed by atoms with E-state index in [1.165, 1.54) is 31.3 Å². The lowest BCUT2D eigenvalue weighted by Crippen LogP contribution is -2.64. The lowest BCUT2D eigenvalue weighted by atomic mass is 9.81. The SMILES string of the molecule is CC[C@@H]1/C=C(\C)C[C@H](C)C[C@H](OC)[C@H]2O[C@@](O)(C(=O)C(=O)N3CCCC[C@H]3C(=O)O[C@H](/C(C)=C/[C@@H]3CC[C@@H](Oc4ccc(F)cc4)[C@H](OC)C3)[C@H](C)[C@@H](O)CC1=O)[C@H](C)C[C@@H]2OC. The molecule has 1 saturated carbocycles. The second-order valence-electron chi connectivity index (χ2n) is 18.7. The number of ketones is 2. The number of cyclic esters (lactones) is 1. The van der Waals surface area contributed by atoms with Crippen molar-refractivity contribution in [3.8, 4) is 5.75 Å². The van der Waals surface area contributed by atoms with Crippen molar-refractivity contribution in [3.05, 3.63) is 53.4 Å². The molecule has 0 spiro atoms. The van der Waals surface area contributed by atoms with Gasteiger partial charge in [-0.05, 0) is 120 Å². The Morgan fingerprint density at radius 3 is 2.22 bits per heavy atom. The quantitative estimate of drug-likeness (QED) is 0.161. The maximum atomic E-state index is 14.5. The first-order valence-electron chi connectivity index (χ1n) is 23.0. The highest BCUT2D eigenvalue weighted by Gasteiger charge is 2.56. The van der Waals surface area contributed by atoms with Crippen LogP contribution in [0.4, 0.5) is 4.39 Å². The van der Waals surface area contributed by atoms with Crippen LogP contribution in [0.1, 0.15) is 112 Å². The van der Waals surface area contributed by atoms with Gasteiger partial charge in [-0.25, -0.2) is 9.18 Å². The molecule has 4 aliphatic rings. The van der Waals surface area contributed by atoms with Crippen LogP contribution in [0.15, 0.2) is 47.6 Å². The monoisotopic (exact) mass is 886 g/mol. The largest absolute Gasteiger partial charge is 0.488 e. The topological polar surface area (TPSA) is 167 Å². The molecule has 13 nitrogen and oxygen atoms in total. The van der Waals surface area contributed by atoms with Gasteiger partial charge in [0.15, 0.2) is 0 Å². The number of methoxy groups -OCH3 is 3. The molecule has 0 unspecified atom stereocenters. The average Bonchev–Trinajstić information content (AvgIpc) is 3.27. The van der Waals surface area contributed by atoms with Crippen LogP contribution in [0.3, 0.4) is 0 Å². The Morgan fingerprint density at radius 1 is 0.905 bits per heavy atom. The number of aliphatic hydroxyl groups is 2. The molecule has 2 N–H and O–H groups in total. The molecule has 3 fully saturated rings. The molecule has 2 saturated heterocycles. The number of fused-ring (bicyclic) bond motifs is 3. The third-order valence-corrected chi connectivity index (χ3v) is 14.0. The van der Waals surface area contributed by atoms with Crippen molar-refractivity contribution in [2.45, 2.75) is 167 Å². The molecular formula is C49H72FNO12. The summed E-state index contributed by atoms with van der Waals surface area (Å²) in [5.74, 6) is -7.48. The highest BCUT2D eigenvalue weighted by atomic mass is 19.1. The number of amides is 1. The average molecular weight is 886 g/mol. The zero-order chi connectivity index (χ0) is 46.2. The van der Waals surface area contributed by atoms with Gasteiger partial charge in [0.1, 0.15) is 41.7 Å². The summed E-state index contributed by atoms with van der Waals surface area (Å²) in [6.45, 7) is 11.2. The lowest BCUT2D eigenvalue weighted by Gasteiger charge is -2.47. The minimum atomic E-state index is -2.52. The summed E-state index contributed by atoms with van der Waals surface area (Å²) in [5.41, 5.74) is 1.64. The van der Waals surface area contributed by atoms with Crippen molar-refractivity contribution in [1.29, 1.82) is 0 Å². The smallest absolute Gasteiger partial charge is 0.329 e. The molecular weight excluding hydrogens is 814 g/mol. The van der Waals surface area contributed by atoms with Gasteiger partial charge in [-0.15, -0.1) is 0 Å². The Labute approximate surface area is 373 Å². The van der Waals surface area contributed by atoms with Gasteiger partial charge in [-0.1, -0.05) is 45.4 Å². The van der Waals surface area contributed by atoms with E-state index in [9.17, 15) is 33.8 Å². The molecule has 14 atom stereocenters. The molecule has 63 heavy (non-hydrogen) atoms. The minimum absolute atomic E-state index is 0.0220. The summed E-state index contributed by atoms with van der Waals surface area (Å²) in [6, 6.07) is 4.70. The number of allylic oxidation sites excluding steroid dienone is 3. The van der Waals surface area contributed by atoms with Gasteiger partial charge < -0.3 is 43.5 Å². The summed E-state index contributed by atoms with van der Waals surface area (Å²) in [6.07, 6.45) is 4.04. The summed E-state index contributed by atoms with van der Waals surface area (Å²) in [7, 11) is 4.68. The van der Waals surface area contributed by atoms with E-state index < -0.39 is 77.8 Å².